The van der Waals surface area contributed by atoms with Gasteiger partial charge in [-0.2, -0.15) is 0 Å². The number of benzene rings is 2. The number of hydrogen-bond donors (Lipinski definition) is 3. The van der Waals surface area contributed by atoms with Gasteiger partial charge < -0.3 is 20.4 Å². The summed E-state index contributed by atoms with van der Waals surface area (Å²) in [6.07, 6.45) is 1.93. The van der Waals surface area contributed by atoms with Crippen LogP contribution in [0.15, 0.2) is 76.8 Å². The molecule has 3 aliphatic rings. The molecule has 6 unspecified atom stereocenters. The van der Waals surface area contributed by atoms with Gasteiger partial charge in [-0.3, -0.25) is 0 Å². The lowest BCUT2D eigenvalue weighted by molar-refractivity contribution is -0.00705. The summed E-state index contributed by atoms with van der Waals surface area (Å²) in [6, 6.07) is 20.0. The second-order valence-electron chi connectivity index (χ2n) is 8.75. The maximum absolute atomic E-state index is 10.9. The molecule has 0 saturated heterocycles. The number of aliphatic hydroxyl groups excluding tert-OH is 2. The van der Waals surface area contributed by atoms with Gasteiger partial charge in [0.25, 0.3) is 0 Å². The van der Waals surface area contributed by atoms with Crippen molar-refractivity contribution >= 4 is 23.4 Å². The zero-order valence-electron chi connectivity index (χ0n) is 17.7. The fourth-order valence-electron chi connectivity index (χ4n) is 5.17. The Labute approximate surface area is 182 Å². The quantitative estimate of drug-likeness (QED) is 0.718. The predicted molar refractivity (Wildman–Crippen MR) is 124 cm³/mol. The van der Waals surface area contributed by atoms with Gasteiger partial charge in [0.1, 0.15) is 24.4 Å². The average Bonchev–Trinajstić information content (AvgIpc) is 3.27. The highest BCUT2D eigenvalue weighted by Gasteiger charge is 2.52. The molecule has 2 aliphatic heterocycles. The number of aliphatic hydroxyl groups is 2. The highest BCUT2D eigenvalue weighted by atomic mass is 16.3. The summed E-state index contributed by atoms with van der Waals surface area (Å²) in [5.41, 5.74) is 3.19. The first-order chi connectivity index (χ1) is 15.1. The minimum absolute atomic E-state index is 0.00998. The number of hydrogen-bond acceptors (Lipinski definition) is 6. The minimum atomic E-state index is -0.823. The third-order valence-corrected chi connectivity index (χ3v) is 7.04. The van der Waals surface area contributed by atoms with Crippen LogP contribution in [0.5, 0.6) is 0 Å². The first-order valence-corrected chi connectivity index (χ1v) is 10.9. The summed E-state index contributed by atoms with van der Waals surface area (Å²) in [5.74, 6) is 0.866. The van der Waals surface area contributed by atoms with E-state index in [1.807, 2.05) is 55.5 Å². The molecule has 0 radical (unpaired) electrons. The van der Waals surface area contributed by atoms with Crippen molar-refractivity contribution in [3.05, 3.63) is 72.4 Å². The summed E-state index contributed by atoms with van der Waals surface area (Å²) in [4.78, 5) is 11.5. The third kappa shape index (κ3) is 3.36. The van der Waals surface area contributed by atoms with Gasteiger partial charge in [0, 0.05) is 11.9 Å². The van der Waals surface area contributed by atoms with E-state index >= 15 is 0 Å². The molecule has 3 N–H and O–H groups in total. The second-order valence-corrected chi connectivity index (χ2v) is 8.75. The van der Waals surface area contributed by atoms with Crippen molar-refractivity contribution in [1.29, 1.82) is 0 Å². The van der Waals surface area contributed by atoms with Gasteiger partial charge in [-0.15, -0.1) is 0 Å². The second kappa shape index (κ2) is 7.94. The molecular weight excluding hydrogens is 388 g/mol. The molecule has 0 amide bonds. The van der Waals surface area contributed by atoms with E-state index in [0.29, 0.717) is 0 Å². The molecule has 31 heavy (non-hydrogen) atoms. The van der Waals surface area contributed by atoms with Crippen LogP contribution in [-0.4, -0.2) is 51.7 Å². The summed E-state index contributed by atoms with van der Waals surface area (Å²) in [5, 5.41) is 24.9. The van der Waals surface area contributed by atoms with E-state index in [-0.39, 0.29) is 30.0 Å². The third-order valence-electron chi connectivity index (χ3n) is 7.04. The van der Waals surface area contributed by atoms with Crippen LogP contribution < -0.4 is 5.32 Å². The fraction of sp³-hybridized carbons (Fsp3) is 0.360. The Bertz CT molecular complexity index is 1010. The van der Waals surface area contributed by atoms with Gasteiger partial charge in [0.2, 0.25) is 0 Å². The van der Waals surface area contributed by atoms with Crippen LogP contribution in [0.4, 0.5) is 5.69 Å². The predicted octanol–water partition coefficient (Wildman–Crippen LogP) is 3.21. The molecule has 2 heterocycles. The lowest BCUT2D eigenvalue weighted by Gasteiger charge is -2.37. The van der Waals surface area contributed by atoms with E-state index < -0.39 is 12.2 Å². The minimum Gasteiger partial charge on any atom is -0.390 e. The van der Waals surface area contributed by atoms with Gasteiger partial charge in [-0.25, -0.2) is 9.98 Å². The average molecular weight is 417 g/mol. The normalized spacial score (nSPS) is 34.3. The Morgan fingerprint density at radius 1 is 0.871 bits per heavy atom. The van der Waals surface area contributed by atoms with E-state index in [1.165, 1.54) is 0 Å². The van der Waals surface area contributed by atoms with Crippen molar-refractivity contribution in [1.82, 2.24) is 4.90 Å². The Hall–Kier alpha value is -2.96. The van der Waals surface area contributed by atoms with Gasteiger partial charge in [-0.05, 0) is 35.1 Å². The van der Waals surface area contributed by atoms with Gasteiger partial charge in [-0.1, -0.05) is 62.4 Å². The highest BCUT2D eigenvalue weighted by Crippen LogP contribution is 2.45. The Kier molecular flexibility index (Phi) is 5.12. The Balaban J connectivity index is 1.55. The molecule has 1 saturated carbocycles. The van der Waals surface area contributed by atoms with Crippen molar-refractivity contribution in [2.75, 3.05) is 5.32 Å². The van der Waals surface area contributed by atoms with Crippen molar-refractivity contribution < 1.29 is 10.2 Å². The van der Waals surface area contributed by atoms with E-state index in [0.717, 1.165) is 22.7 Å². The Morgan fingerprint density at radius 2 is 1.55 bits per heavy atom. The number of nitrogens with zero attached hydrogens (tertiary/aromatic N) is 3. The van der Waals surface area contributed by atoms with Crippen LogP contribution in [0.25, 0.3) is 5.57 Å². The van der Waals surface area contributed by atoms with E-state index in [1.54, 1.807) is 6.34 Å². The largest absolute Gasteiger partial charge is 0.390 e. The summed E-state index contributed by atoms with van der Waals surface area (Å²) >= 11 is 0. The molecule has 5 rings (SSSR count). The maximum Gasteiger partial charge on any atom is 0.136 e. The van der Waals surface area contributed by atoms with Gasteiger partial charge in [0.15, 0.2) is 0 Å². The molecule has 7 atom stereocenters. The highest BCUT2D eigenvalue weighted by molar-refractivity contribution is 6.09. The lowest BCUT2D eigenvalue weighted by Crippen LogP contribution is -2.49. The number of rotatable bonds is 3. The van der Waals surface area contributed by atoms with Crippen LogP contribution in [0.2, 0.25) is 0 Å². The van der Waals surface area contributed by atoms with Gasteiger partial charge >= 0.3 is 0 Å². The van der Waals surface area contributed by atoms with Crippen LogP contribution in [0.3, 0.4) is 0 Å². The zero-order chi connectivity index (χ0) is 21.5. The maximum atomic E-state index is 10.9. The molecule has 6 nitrogen and oxygen atoms in total. The molecule has 2 aromatic carbocycles. The number of anilines is 1. The standard InChI is InChI=1S/C25H28N4O2/c1-15-16(2)22(30)23(31)21(15)29-13-19(17-9-5-3-6-10-17)20-24(26-14-27-25(20)29)28-18-11-7-4-8-12-18/h3-16,20-23,25,30-31H,1-2H3,(H,26,27,28)/t15-,16?,20?,21?,22?,23?,25?/m0/s1. The van der Waals surface area contributed by atoms with Crippen LogP contribution in [0.1, 0.15) is 19.4 Å². The smallest absolute Gasteiger partial charge is 0.136 e. The molecule has 0 bridgehead atoms. The SMILES string of the molecule is CC1C(O)C(O)C(N2C=C(c3ccccc3)C3C(Nc4ccccc4)=NC=NC32)[C@H]1C. The first-order valence-electron chi connectivity index (χ1n) is 10.9. The number of amidine groups is 1. The van der Waals surface area contributed by atoms with E-state index in [4.69, 9.17) is 4.99 Å². The van der Waals surface area contributed by atoms with Crippen LogP contribution >= 0.6 is 0 Å². The van der Waals surface area contributed by atoms with Gasteiger partial charge in [0.05, 0.1) is 18.1 Å². The van der Waals surface area contributed by atoms with Crippen molar-refractivity contribution in [2.24, 2.45) is 27.7 Å². The molecule has 6 heteroatoms. The fourth-order valence-corrected chi connectivity index (χ4v) is 5.17. The van der Waals surface area contributed by atoms with Crippen LogP contribution in [0, 0.1) is 17.8 Å². The lowest BCUT2D eigenvalue weighted by atomic mass is 9.91. The van der Waals surface area contributed by atoms with E-state index in [2.05, 4.69) is 40.5 Å². The number of fused-ring (bicyclic) bond motifs is 1. The van der Waals surface area contributed by atoms with E-state index in [9.17, 15) is 10.2 Å². The van der Waals surface area contributed by atoms with Crippen molar-refractivity contribution in [3.8, 4) is 0 Å². The van der Waals surface area contributed by atoms with Crippen LogP contribution in [-0.2, 0) is 0 Å². The monoisotopic (exact) mass is 416 g/mol. The van der Waals surface area contributed by atoms with Crippen molar-refractivity contribution in [2.45, 2.75) is 38.3 Å². The molecule has 0 spiro atoms. The number of para-hydroxylation sites is 1. The molecule has 1 aliphatic carbocycles. The van der Waals surface area contributed by atoms with Crippen molar-refractivity contribution in [3.63, 3.8) is 0 Å². The molecule has 0 aromatic heterocycles. The molecular formula is C25H28N4O2. The number of nitrogens with one attached hydrogen (secondary N) is 1. The molecule has 1 fully saturated rings. The molecule has 160 valence electrons. The molecule has 2 aromatic rings. The summed E-state index contributed by atoms with van der Waals surface area (Å²) < 4.78 is 0. The zero-order valence-corrected chi connectivity index (χ0v) is 17.7. The Morgan fingerprint density at radius 3 is 2.19 bits per heavy atom. The number of aliphatic imine (C=N–C) groups is 2. The topological polar surface area (TPSA) is 80.5 Å². The first kappa shape index (κ1) is 20.0. The summed E-state index contributed by atoms with van der Waals surface area (Å²) in [6.45, 7) is 4.10. The summed E-state index contributed by atoms with van der Waals surface area (Å²) in [7, 11) is 0.